The largest absolute Gasteiger partial charge is 0.313 e. The zero-order valence-corrected chi connectivity index (χ0v) is 12.5. The lowest BCUT2D eigenvalue weighted by Crippen LogP contribution is -2.13. The number of aromatic nitrogens is 3. The van der Waals surface area contributed by atoms with Gasteiger partial charge in [0.25, 0.3) is 0 Å². The summed E-state index contributed by atoms with van der Waals surface area (Å²) in [6, 6.07) is 6.47. The molecular weight excluding hydrogens is 292 g/mol. The van der Waals surface area contributed by atoms with E-state index in [1.54, 1.807) is 4.68 Å². The Balaban J connectivity index is 2.51. The van der Waals surface area contributed by atoms with Gasteiger partial charge in [0.2, 0.25) is 0 Å². The minimum atomic E-state index is 0.786. The molecule has 2 rings (SSSR count). The molecule has 0 amide bonds. The van der Waals surface area contributed by atoms with E-state index in [4.69, 9.17) is 0 Å². The average molecular weight is 309 g/mol. The fourth-order valence-electron chi connectivity index (χ4n) is 1.94. The van der Waals surface area contributed by atoms with Gasteiger partial charge >= 0.3 is 0 Å². The Hall–Kier alpha value is -1.20. The zero-order chi connectivity index (χ0) is 13.1. The molecule has 1 heterocycles. The van der Waals surface area contributed by atoms with Crippen molar-refractivity contribution in [2.75, 3.05) is 6.54 Å². The van der Waals surface area contributed by atoms with Gasteiger partial charge in [0.05, 0.1) is 0 Å². The first-order valence-electron chi connectivity index (χ1n) is 5.99. The topological polar surface area (TPSA) is 42.7 Å². The van der Waals surface area contributed by atoms with Crippen molar-refractivity contribution >= 4 is 15.9 Å². The summed E-state index contributed by atoms with van der Waals surface area (Å²) in [7, 11) is 1.91. The van der Waals surface area contributed by atoms with Crippen LogP contribution in [0.15, 0.2) is 22.8 Å². The van der Waals surface area contributed by atoms with Gasteiger partial charge in [0.15, 0.2) is 4.60 Å². The lowest BCUT2D eigenvalue weighted by Gasteiger charge is -2.11. The second-order valence-electron chi connectivity index (χ2n) is 4.29. The van der Waals surface area contributed by atoms with Crippen molar-refractivity contribution in [2.45, 2.75) is 20.4 Å². The summed E-state index contributed by atoms with van der Waals surface area (Å²) in [6.07, 6.45) is 0. The van der Waals surface area contributed by atoms with E-state index in [1.807, 2.05) is 7.05 Å². The van der Waals surface area contributed by atoms with Gasteiger partial charge in [0, 0.05) is 19.2 Å². The molecule has 1 aromatic heterocycles. The van der Waals surface area contributed by atoms with Gasteiger partial charge in [-0.2, -0.15) is 0 Å². The van der Waals surface area contributed by atoms with Crippen LogP contribution in [0.2, 0.25) is 0 Å². The number of nitrogens with zero attached hydrogens (tertiary/aromatic N) is 3. The van der Waals surface area contributed by atoms with E-state index in [1.165, 1.54) is 16.7 Å². The second-order valence-corrected chi connectivity index (χ2v) is 5.04. The maximum Gasteiger partial charge on any atom is 0.156 e. The number of halogens is 1. The summed E-state index contributed by atoms with van der Waals surface area (Å²) >= 11 is 3.47. The Morgan fingerprint density at radius 2 is 2.17 bits per heavy atom. The standard InChI is InChI=1S/C13H17BrN4/c1-4-15-8-10-6-5-9(2)7-11(10)12-13(14)16-17-18(12)3/h5-7,15H,4,8H2,1-3H3. The molecule has 0 aliphatic carbocycles. The van der Waals surface area contributed by atoms with E-state index >= 15 is 0 Å². The normalized spacial score (nSPS) is 10.9. The van der Waals surface area contributed by atoms with Crippen molar-refractivity contribution in [1.82, 2.24) is 20.3 Å². The molecule has 0 fully saturated rings. The van der Waals surface area contributed by atoms with Crippen LogP contribution in [0, 0.1) is 6.92 Å². The number of benzene rings is 1. The molecule has 0 saturated carbocycles. The summed E-state index contributed by atoms with van der Waals surface area (Å²) < 4.78 is 2.59. The van der Waals surface area contributed by atoms with Crippen LogP contribution >= 0.6 is 15.9 Å². The zero-order valence-electron chi connectivity index (χ0n) is 10.9. The first kappa shape index (κ1) is 13.2. The van der Waals surface area contributed by atoms with Gasteiger partial charge in [-0.1, -0.05) is 29.8 Å². The summed E-state index contributed by atoms with van der Waals surface area (Å²) in [4.78, 5) is 0. The predicted octanol–water partition coefficient (Wildman–Crippen LogP) is 2.66. The van der Waals surface area contributed by atoms with Gasteiger partial charge in [-0.15, -0.1) is 5.10 Å². The van der Waals surface area contributed by atoms with Crippen molar-refractivity contribution in [1.29, 1.82) is 0 Å². The molecule has 5 heteroatoms. The number of nitrogens with one attached hydrogen (secondary N) is 1. The monoisotopic (exact) mass is 308 g/mol. The predicted molar refractivity (Wildman–Crippen MR) is 76.3 cm³/mol. The van der Waals surface area contributed by atoms with E-state index in [2.05, 4.69) is 63.6 Å². The van der Waals surface area contributed by atoms with Crippen molar-refractivity contribution in [2.24, 2.45) is 7.05 Å². The van der Waals surface area contributed by atoms with Crippen LogP contribution in [0.25, 0.3) is 11.3 Å². The Labute approximate surface area is 116 Å². The summed E-state index contributed by atoms with van der Waals surface area (Å²) in [5, 5.41) is 11.5. The van der Waals surface area contributed by atoms with E-state index < -0.39 is 0 Å². The Morgan fingerprint density at radius 1 is 1.39 bits per heavy atom. The van der Waals surface area contributed by atoms with E-state index in [0.717, 1.165) is 23.4 Å². The van der Waals surface area contributed by atoms with Crippen LogP contribution in [0.3, 0.4) is 0 Å². The molecule has 0 radical (unpaired) electrons. The molecule has 0 bridgehead atoms. The lowest BCUT2D eigenvalue weighted by atomic mass is 10.0. The third-order valence-corrected chi connectivity index (χ3v) is 3.41. The second kappa shape index (κ2) is 5.63. The van der Waals surface area contributed by atoms with Crippen LogP contribution in [0.1, 0.15) is 18.1 Å². The molecule has 0 aliphatic heterocycles. The van der Waals surface area contributed by atoms with E-state index in [9.17, 15) is 0 Å². The fraction of sp³-hybridized carbons (Fsp3) is 0.385. The van der Waals surface area contributed by atoms with Gasteiger partial charge in [-0.3, -0.25) is 0 Å². The molecule has 0 unspecified atom stereocenters. The van der Waals surface area contributed by atoms with Gasteiger partial charge in [-0.05, 0) is 41.0 Å². The maximum atomic E-state index is 4.05. The highest BCUT2D eigenvalue weighted by molar-refractivity contribution is 9.10. The minimum absolute atomic E-state index is 0.786. The Kier molecular flexibility index (Phi) is 4.14. The highest BCUT2D eigenvalue weighted by atomic mass is 79.9. The SMILES string of the molecule is CCNCc1ccc(C)cc1-c1c(Br)nnn1C. The van der Waals surface area contributed by atoms with E-state index in [-0.39, 0.29) is 0 Å². The lowest BCUT2D eigenvalue weighted by molar-refractivity contribution is 0.712. The molecular formula is C13H17BrN4. The molecule has 0 atom stereocenters. The molecule has 0 spiro atoms. The first-order valence-corrected chi connectivity index (χ1v) is 6.78. The maximum absolute atomic E-state index is 4.05. The van der Waals surface area contributed by atoms with Crippen LogP contribution in [-0.4, -0.2) is 21.5 Å². The smallest absolute Gasteiger partial charge is 0.156 e. The van der Waals surface area contributed by atoms with Crippen molar-refractivity contribution < 1.29 is 0 Å². The van der Waals surface area contributed by atoms with Gasteiger partial charge < -0.3 is 5.32 Å². The molecule has 0 aliphatic rings. The Bertz CT molecular complexity index is 528. The molecule has 1 aromatic carbocycles. The van der Waals surface area contributed by atoms with Crippen LogP contribution < -0.4 is 5.32 Å². The number of aryl methyl sites for hydroxylation is 2. The molecule has 1 N–H and O–H groups in total. The van der Waals surface area contributed by atoms with Gasteiger partial charge in [-0.25, -0.2) is 4.68 Å². The third kappa shape index (κ3) is 2.62. The summed E-state index contributed by atoms with van der Waals surface area (Å²) in [5.74, 6) is 0. The highest BCUT2D eigenvalue weighted by Crippen LogP contribution is 2.29. The van der Waals surface area contributed by atoms with Crippen molar-refractivity contribution in [3.8, 4) is 11.3 Å². The number of hydrogen-bond acceptors (Lipinski definition) is 3. The minimum Gasteiger partial charge on any atom is -0.313 e. The van der Waals surface area contributed by atoms with Crippen molar-refractivity contribution in [3.63, 3.8) is 0 Å². The number of hydrogen-bond donors (Lipinski definition) is 1. The summed E-state index contributed by atoms with van der Waals surface area (Å²) in [6.45, 7) is 6.01. The number of rotatable bonds is 4. The third-order valence-electron chi connectivity index (χ3n) is 2.87. The average Bonchev–Trinajstić information content (AvgIpc) is 2.67. The molecule has 4 nitrogen and oxygen atoms in total. The summed E-state index contributed by atoms with van der Waals surface area (Å²) in [5.41, 5.74) is 4.69. The molecule has 2 aromatic rings. The first-order chi connectivity index (χ1) is 8.63. The quantitative estimate of drug-likeness (QED) is 0.944. The molecule has 18 heavy (non-hydrogen) atoms. The Morgan fingerprint density at radius 3 is 2.78 bits per heavy atom. The fourth-order valence-corrected chi connectivity index (χ4v) is 2.48. The van der Waals surface area contributed by atoms with Crippen LogP contribution in [0.4, 0.5) is 0 Å². The highest BCUT2D eigenvalue weighted by Gasteiger charge is 2.14. The van der Waals surface area contributed by atoms with Crippen LogP contribution in [-0.2, 0) is 13.6 Å². The molecule has 96 valence electrons. The van der Waals surface area contributed by atoms with Crippen LogP contribution in [0.5, 0.6) is 0 Å². The van der Waals surface area contributed by atoms with Crippen molar-refractivity contribution in [3.05, 3.63) is 33.9 Å². The molecule has 0 saturated heterocycles. The van der Waals surface area contributed by atoms with E-state index in [0.29, 0.717) is 0 Å². The van der Waals surface area contributed by atoms with Gasteiger partial charge in [0.1, 0.15) is 5.69 Å².